The lowest BCUT2D eigenvalue weighted by atomic mass is 10.2. The van der Waals surface area contributed by atoms with Crippen LogP contribution < -0.4 is 19.6 Å². The van der Waals surface area contributed by atoms with Crippen LogP contribution in [0.3, 0.4) is 0 Å². The lowest BCUT2D eigenvalue weighted by Gasteiger charge is -2.10. The highest BCUT2D eigenvalue weighted by atomic mass is 19.1. The van der Waals surface area contributed by atoms with Crippen LogP contribution >= 0.6 is 0 Å². The van der Waals surface area contributed by atoms with E-state index in [1.807, 2.05) is 24.3 Å². The Labute approximate surface area is 190 Å². The predicted molar refractivity (Wildman–Crippen MR) is 121 cm³/mol. The van der Waals surface area contributed by atoms with Crippen LogP contribution in [0.15, 0.2) is 71.8 Å². The molecule has 7 nitrogen and oxygen atoms in total. The maximum Gasteiger partial charge on any atom is 0.346 e. The first kappa shape index (κ1) is 23.5. The van der Waals surface area contributed by atoms with Gasteiger partial charge >= 0.3 is 5.97 Å². The molecule has 3 rings (SSSR count). The lowest BCUT2D eigenvalue weighted by molar-refractivity contribution is -0.123. The maximum atomic E-state index is 13.8. The van der Waals surface area contributed by atoms with Crippen molar-refractivity contribution in [1.82, 2.24) is 5.43 Å². The minimum atomic E-state index is -0.843. The molecule has 0 atom stereocenters. The molecule has 1 amide bonds. The number of benzene rings is 3. The van der Waals surface area contributed by atoms with E-state index >= 15 is 0 Å². The van der Waals surface area contributed by atoms with Gasteiger partial charge in [0, 0.05) is 0 Å². The van der Waals surface area contributed by atoms with Gasteiger partial charge in [0.05, 0.1) is 18.9 Å². The molecule has 0 spiro atoms. The first-order valence-corrected chi connectivity index (χ1v) is 10.2. The number of carbonyl (C=O) groups is 2. The summed E-state index contributed by atoms with van der Waals surface area (Å²) in [5, 5.41) is 3.89. The molecule has 0 aliphatic heterocycles. The number of nitrogens with zero attached hydrogens (tertiary/aromatic N) is 1. The van der Waals surface area contributed by atoms with E-state index in [0.29, 0.717) is 11.3 Å². The van der Waals surface area contributed by atoms with Crippen molar-refractivity contribution in [3.63, 3.8) is 0 Å². The average molecular weight is 450 g/mol. The van der Waals surface area contributed by atoms with Crippen LogP contribution in [0.5, 0.6) is 17.2 Å². The molecule has 0 fully saturated rings. The van der Waals surface area contributed by atoms with Crippen molar-refractivity contribution in [2.24, 2.45) is 5.10 Å². The van der Waals surface area contributed by atoms with Crippen LogP contribution in [-0.4, -0.2) is 31.8 Å². The molecule has 0 bridgehead atoms. The highest BCUT2D eigenvalue weighted by Gasteiger charge is 2.16. The van der Waals surface area contributed by atoms with Gasteiger partial charge in [-0.05, 0) is 60.0 Å². The largest absolute Gasteiger partial charge is 0.493 e. The zero-order chi connectivity index (χ0) is 23.6. The monoisotopic (exact) mass is 450 g/mol. The summed E-state index contributed by atoms with van der Waals surface area (Å²) in [5.74, 6) is -0.986. The number of esters is 1. The number of nitrogens with one attached hydrogen (secondary N) is 1. The van der Waals surface area contributed by atoms with Crippen molar-refractivity contribution in [1.29, 1.82) is 0 Å². The molecular weight excluding hydrogens is 427 g/mol. The molecule has 0 heterocycles. The van der Waals surface area contributed by atoms with E-state index in [-0.39, 0.29) is 23.7 Å². The molecule has 8 heteroatoms. The number of hydrogen-bond acceptors (Lipinski definition) is 6. The molecule has 0 aromatic heterocycles. The van der Waals surface area contributed by atoms with E-state index in [2.05, 4.69) is 17.5 Å². The number of rotatable bonds is 9. The smallest absolute Gasteiger partial charge is 0.346 e. The average Bonchev–Trinajstić information content (AvgIpc) is 2.84. The van der Waals surface area contributed by atoms with Gasteiger partial charge in [-0.2, -0.15) is 5.10 Å². The van der Waals surface area contributed by atoms with E-state index in [9.17, 15) is 14.0 Å². The van der Waals surface area contributed by atoms with Gasteiger partial charge in [0.15, 0.2) is 18.1 Å². The van der Waals surface area contributed by atoms with E-state index in [1.54, 1.807) is 12.1 Å². The number of hydrogen-bond donors (Lipinski definition) is 1. The highest BCUT2D eigenvalue weighted by Crippen LogP contribution is 2.28. The van der Waals surface area contributed by atoms with Gasteiger partial charge in [-0.1, -0.05) is 31.2 Å². The molecule has 0 saturated heterocycles. The van der Waals surface area contributed by atoms with Crippen LogP contribution in [-0.2, 0) is 11.2 Å². The molecular formula is C25H23FN2O5. The quantitative estimate of drug-likeness (QED) is 0.229. The van der Waals surface area contributed by atoms with Crippen LogP contribution in [0.1, 0.15) is 28.4 Å². The van der Waals surface area contributed by atoms with Gasteiger partial charge in [0.25, 0.3) is 5.91 Å². The summed E-state index contributed by atoms with van der Waals surface area (Å²) in [4.78, 5) is 24.2. The Balaban J connectivity index is 1.55. The number of methoxy groups -OCH3 is 1. The topological polar surface area (TPSA) is 86.2 Å². The van der Waals surface area contributed by atoms with Crippen LogP contribution in [0.2, 0.25) is 0 Å². The summed E-state index contributed by atoms with van der Waals surface area (Å²) < 4.78 is 29.7. The number of ether oxygens (including phenoxy) is 3. The summed E-state index contributed by atoms with van der Waals surface area (Å²) in [7, 11) is 1.41. The molecule has 170 valence electrons. The van der Waals surface area contributed by atoms with Crippen LogP contribution in [0, 0.1) is 5.82 Å². The molecule has 0 unspecified atom stereocenters. The summed E-state index contributed by atoms with van der Waals surface area (Å²) in [5.41, 5.74) is 3.95. The van der Waals surface area contributed by atoms with E-state index < -0.39 is 17.7 Å². The minimum Gasteiger partial charge on any atom is -0.493 e. The summed E-state index contributed by atoms with van der Waals surface area (Å²) in [6.45, 7) is 1.87. The normalized spacial score (nSPS) is 10.6. The Morgan fingerprint density at radius 2 is 1.79 bits per heavy atom. The number of aryl methyl sites for hydroxylation is 1. The van der Waals surface area contributed by atoms with Crippen molar-refractivity contribution in [2.75, 3.05) is 13.7 Å². The van der Waals surface area contributed by atoms with Crippen molar-refractivity contribution in [3.05, 3.63) is 89.2 Å². The van der Waals surface area contributed by atoms with Gasteiger partial charge in [0.2, 0.25) is 0 Å². The van der Waals surface area contributed by atoms with E-state index in [4.69, 9.17) is 14.2 Å². The third-order valence-corrected chi connectivity index (χ3v) is 4.59. The highest BCUT2D eigenvalue weighted by molar-refractivity contribution is 5.92. The van der Waals surface area contributed by atoms with Crippen LogP contribution in [0.4, 0.5) is 4.39 Å². The Morgan fingerprint density at radius 3 is 2.48 bits per heavy atom. The van der Waals surface area contributed by atoms with Gasteiger partial charge < -0.3 is 14.2 Å². The second kappa shape index (κ2) is 11.4. The number of carbonyl (C=O) groups excluding carboxylic acids is 2. The Kier molecular flexibility index (Phi) is 8.13. The van der Waals surface area contributed by atoms with E-state index in [0.717, 1.165) is 6.42 Å². The molecule has 1 N–H and O–H groups in total. The Hall–Kier alpha value is -4.20. The maximum absolute atomic E-state index is 13.8. The van der Waals surface area contributed by atoms with Crippen molar-refractivity contribution in [3.8, 4) is 17.2 Å². The second-order valence-electron chi connectivity index (χ2n) is 6.86. The predicted octanol–water partition coefficient (Wildman–Crippen LogP) is 4.15. The number of halogens is 1. The molecule has 0 radical (unpaired) electrons. The zero-order valence-electron chi connectivity index (χ0n) is 18.2. The molecule has 3 aromatic carbocycles. The standard InChI is InChI=1S/C25H23FN2O5/c1-3-17-8-11-19(12-9-17)32-16-24(29)28-27-15-18-10-13-22(23(14-18)31-2)33-25(30)20-6-4-5-7-21(20)26/h4-15H,3,16H2,1-2H3,(H,28,29)/b27-15+. The van der Waals surface area contributed by atoms with E-state index in [1.165, 1.54) is 49.2 Å². The van der Waals surface area contributed by atoms with Crippen molar-refractivity contribution < 1.29 is 28.2 Å². The number of amides is 1. The zero-order valence-corrected chi connectivity index (χ0v) is 18.2. The van der Waals surface area contributed by atoms with Gasteiger partial charge in [-0.3, -0.25) is 4.79 Å². The first-order chi connectivity index (χ1) is 16.0. The second-order valence-corrected chi connectivity index (χ2v) is 6.86. The van der Waals surface area contributed by atoms with Gasteiger partial charge in [-0.25, -0.2) is 14.6 Å². The Bertz CT molecular complexity index is 1150. The van der Waals surface area contributed by atoms with Gasteiger partial charge in [-0.15, -0.1) is 0 Å². The molecule has 0 aliphatic carbocycles. The fourth-order valence-electron chi connectivity index (χ4n) is 2.81. The summed E-state index contributed by atoms with van der Waals surface area (Å²) >= 11 is 0. The fourth-order valence-corrected chi connectivity index (χ4v) is 2.81. The van der Waals surface area contributed by atoms with Crippen molar-refractivity contribution >= 4 is 18.1 Å². The molecule has 0 aliphatic rings. The molecule has 3 aromatic rings. The third-order valence-electron chi connectivity index (χ3n) is 4.59. The third kappa shape index (κ3) is 6.64. The minimum absolute atomic E-state index is 0.120. The first-order valence-electron chi connectivity index (χ1n) is 10.2. The molecule has 0 saturated carbocycles. The fraction of sp³-hybridized carbons (Fsp3) is 0.160. The van der Waals surface area contributed by atoms with Crippen LogP contribution in [0.25, 0.3) is 0 Å². The number of hydrazone groups is 1. The summed E-state index contributed by atoms with van der Waals surface area (Å²) in [6.07, 6.45) is 2.33. The summed E-state index contributed by atoms with van der Waals surface area (Å²) in [6, 6.07) is 17.7. The SMILES string of the molecule is CCc1ccc(OCC(=O)N/N=C/c2ccc(OC(=O)c3ccccc3F)c(OC)c2)cc1. The van der Waals surface area contributed by atoms with Crippen molar-refractivity contribution in [2.45, 2.75) is 13.3 Å². The lowest BCUT2D eigenvalue weighted by Crippen LogP contribution is -2.24. The molecule has 33 heavy (non-hydrogen) atoms. The van der Waals surface area contributed by atoms with Gasteiger partial charge in [0.1, 0.15) is 11.6 Å². The Morgan fingerprint density at radius 1 is 1.03 bits per heavy atom.